The van der Waals surface area contributed by atoms with Crippen molar-refractivity contribution in [2.75, 3.05) is 10.6 Å². The molecule has 0 aliphatic carbocycles. The van der Waals surface area contributed by atoms with Crippen molar-refractivity contribution in [1.82, 2.24) is 0 Å². The lowest BCUT2D eigenvalue weighted by Crippen LogP contribution is -2.24. The Labute approximate surface area is 118 Å². The van der Waals surface area contributed by atoms with Gasteiger partial charge in [0.25, 0.3) is 0 Å². The average Bonchev–Trinajstić information content (AvgIpc) is 2.39. The Hall–Kier alpha value is -1.43. The van der Waals surface area contributed by atoms with Crippen molar-refractivity contribution in [3.8, 4) is 0 Å². The number of alkyl halides is 1. The predicted molar refractivity (Wildman–Crippen MR) is 75.0 cm³/mol. The van der Waals surface area contributed by atoms with Crippen molar-refractivity contribution >= 4 is 39.1 Å². The molecule has 0 saturated heterocycles. The summed E-state index contributed by atoms with van der Waals surface area (Å²) in [5, 5.41) is 5.19. The smallest absolute Gasteiger partial charge is 0.238 e. The Balaban J connectivity index is 2.24. The van der Waals surface area contributed by atoms with Gasteiger partial charge in [0.15, 0.2) is 0 Å². The van der Waals surface area contributed by atoms with Crippen molar-refractivity contribution in [2.45, 2.75) is 31.0 Å². The van der Waals surface area contributed by atoms with E-state index in [0.29, 0.717) is 24.9 Å². The van der Waals surface area contributed by atoms with E-state index >= 15 is 0 Å². The zero-order chi connectivity index (χ0) is 14.0. The topological polar surface area (TPSA) is 58.2 Å². The molecule has 1 heterocycles. The van der Waals surface area contributed by atoms with Gasteiger partial charge in [-0.05, 0) is 30.5 Å². The molecule has 0 radical (unpaired) electrons. The molecule has 19 heavy (non-hydrogen) atoms. The number of hydrogen-bond acceptors (Lipinski definition) is 2. The van der Waals surface area contributed by atoms with Gasteiger partial charge in [-0.15, -0.1) is 0 Å². The Morgan fingerprint density at radius 2 is 2.26 bits per heavy atom. The van der Waals surface area contributed by atoms with Crippen LogP contribution in [0.2, 0.25) is 0 Å². The molecular weight excluding hydrogens is 315 g/mol. The minimum atomic E-state index is -0.487. The van der Waals surface area contributed by atoms with Crippen LogP contribution in [0, 0.1) is 5.82 Å². The molecule has 2 amide bonds. The third-order valence-electron chi connectivity index (χ3n) is 2.99. The molecule has 0 bridgehead atoms. The molecule has 1 aromatic carbocycles. The zero-order valence-corrected chi connectivity index (χ0v) is 12.0. The first-order valence-electron chi connectivity index (χ1n) is 6.08. The molecule has 4 nitrogen and oxygen atoms in total. The number of amides is 2. The number of hydrogen-bond donors (Lipinski definition) is 2. The summed E-state index contributed by atoms with van der Waals surface area (Å²) >= 11 is 3.20. The molecular formula is C13H14BrFN2O2. The first kappa shape index (κ1) is 14.0. The Bertz CT molecular complexity index is 534. The van der Waals surface area contributed by atoms with E-state index < -0.39 is 5.82 Å². The standard InChI is InChI=1S/C13H14BrFN2O2/c1-2-8(14)13(19)17-11-6-10-7(5-9(11)15)3-4-12(18)16-10/h5-6,8H,2-4H2,1H3,(H,16,18)(H,17,19). The summed E-state index contributed by atoms with van der Waals surface area (Å²) in [4.78, 5) is 22.7. The van der Waals surface area contributed by atoms with Gasteiger partial charge in [-0.1, -0.05) is 22.9 Å². The van der Waals surface area contributed by atoms with E-state index in [0.717, 1.165) is 5.56 Å². The van der Waals surface area contributed by atoms with Gasteiger partial charge < -0.3 is 10.6 Å². The summed E-state index contributed by atoms with van der Waals surface area (Å²) in [7, 11) is 0. The van der Waals surface area contributed by atoms with Gasteiger partial charge >= 0.3 is 0 Å². The second-order valence-corrected chi connectivity index (χ2v) is 5.51. The monoisotopic (exact) mass is 328 g/mol. The quantitative estimate of drug-likeness (QED) is 0.838. The van der Waals surface area contributed by atoms with E-state index in [-0.39, 0.29) is 22.3 Å². The fourth-order valence-corrected chi connectivity index (χ4v) is 2.01. The maximum atomic E-state index is 13.9. The minimum absolute atomic E-state index is 0.0869. The van der Waals surface area contributed by atoms with E-state index in [1.54, 1.807) is 0 Å². The van der Waals surface area contributed by atoms with Gasteiger partial charge in [0.2, 0.25) is 11.8 Å². The molecule has 6 heteroatoms. The summed E-state index contributed by atoms with van der Waals surface area (Å²) in [6.07, 6.45) is 1.48. The second kappa shape index (κ2) is 5.69. The number of aryl methyl sites for hydroxylation is 1. The summed E-state index contributed by atoms with van der Waals surface area (Å²) < 4.78 is 13.9. The predicted octanol–water partition coefficient (Wildman–Crippen LogP) is 2.82. The number of carbonyl (C=O) groups is 2. The number of benzene rings is 1. The molecule has 102 valence electrons. The van der Waals surface area contributed by atoms with Gasteiger partial charge in [0, 0.05) is 12.1 Å². The molecule has 2 N–H and O–H groups in total. The van der Waals surface area contributed by atoms with Crippen LogP contribution in [0.15, 0.2) is 12.1 Å². The van der Waals surface area contributed by atoms with Crippen LogP contribution in [0.3, 0.4) is 0 Å². The highest BCUT2D eigenvalue weighted by Gasteiger charge is 2.20. The number of rotatable bonds is 3. The maximum absolute atomic E-state index is 13.9. The van der Waals surface area contributed by atoms with E-state index in [1.807, 2.05) is 6.92 Å². The second-order valence-electron chi connectivity index (χ2n) is 4.40. The van der Waals surface area contributed by atoms with Crippen molar-refractivity contribution in [2.24, 2.45) is 0 Å². The third kappa shape index (κ3) is 3.12. The van der Waals surface area contributed by atoms with Gasteiger partial charge in [0.1, 0.15) is 5.82 Å². The molecule has 0 aromatic heterocycles. The lowest BCUT2D eigenvalue weighted by molar-refractivity contribution is -0.116. The van der Waals surface area contributed by atoms with Crippen LogP contribution in [-0.4, -0.2) is 16.6 Å². The van der Waals surface area contributed by atoms with Crippen LogP contribution >= 0.6 is 15.9 Å². The first-order valence-corrected chi connectivity index (χ1v) is 7.00. The molecule has 1 aliphatic heterocycles. The Morgan fingerprint density at radius 3 is 2.95 bits per heavy atom. The van der Waals surface area contributed by atoms with E-state index in [4.69, 9.17) is 0 Å². The van der Waals surface area contributed by atoms with Crippen LogP contribution in [0.5, 0.6) is 0 Å². The normalized spacial score (nSPS) is 15.4. The van der Waals surface area contributed by atoms with Gasteiger partial charge in [-0.2, -0.15) is 0 Å². The van der Waals surface area contributed by atoms with Crippen molar-refractivity contribution < 1.29 is 14.0 Å². The molecule has 2 rings (SSSR count). The molecule has 0 saturated carbocycles. The van der Waals surface area contributed by atoms with Crippen LogP contribution in [0.1, 0.15) is 25.3 Å². The average molecular weight is 329 g/mol. The van der Waals surface area contributed by atoms with Gasteiger partial charge in [-0.3, -0.25) is 9.59 Å². The lowest BCUT2D eigenvalue weighted by Gasteiger charge is -2.19. The highest BCUT2D eigenvalue weighted by Crippen LogP contribution is 2.29. The fourth-order valence-electron chi connectivity index (χ4n) is 1.89. The fraction of sp³-hybridized carbons (Fsp3) is 0.385. The van der Waals surface area contributed by atoms with Crippen molar-refractivity contribution in [3.63, 3.8) is 0 Å². The summed E-state index contributed by atoms with van der Waals surface area (Å²) in [6.45, 7) is 1.85. The molecule has 1 unspecified atom stereocenters. The molecule has 1 atom stereocenters. The Morgan fingerprint density at radius 1 is 1.53 bits per heavy atom. The summed E-state index contributed by atoms with van der Waals surface area (Å²) in [6, 6.07) is 2.83. The van der Waals surface area contributed by atoms with Gasteiger partial charge in [-0.25, -0.2) is 4.39 Å². The number of halogens is 2. The molecule has 1 aliphatic rings. The van der Waals surface area contributed by atoms with Crippen LogP contribution in [-0.2, 0) is 16.0 Å². The minimum Gasteiger partial charge on any atom is -0.326 e. The lowest BCUT2D eigenvalue weighted by atomic mass is 10.0. The number of anilines is 2. The largest absolute Gasteiger partial charge is 0.326 e. The number of carbonyl (C=O) groups excluding carboxylic acids is 2. The van der Waals surface area contributed by atoms with Crippen LogP contribution in [0.25, 0.3) is 0 Å². The third-order valence-corrected chi connectivity index (χ3v) is 4.05. The maximum Gasteiger partial charge on any atom is 0.238 e. The number of fused-ring (bicyclic) bond motifs is 1. The Kier molecular flexibility index (Phi) is 4.19. The highest BCUT2D eigenvalue weighted by molar-refractivity contribution is 9.10. The van der Waals surface area contributed by atoms with E-state index in [9.17, 15) is 14.0 Å². The van der Waals surface area contributed by atoms with E-state index in [1.165, 1.54) is 12.1 Å². The van der Waals surface area contributed by atoms with Crippen molar-refractivity contribution in [1.29, 1.82) is 0 Å². The highest BCUT2D eigenvalue weighted by atomic mass is 79.9. The van der Waals surface area contributed by atoms with Gasteiger partial charge in [0.05, 0.1) is 10.5 Å². The molecule has 0 fully saturated rings. The number of nitrogens with one attached hydrogen (secondary N) is 2. The summed E-state index contributed by atoms with van der Waals surface area (Å²) in [5.41, 5.74) is 1.40. The van der Waals surface area contributed by atoms with E-state index in [2.05, 4.69) is 26.6 Å². The first-order chi connectivity index (χ1) is 9.01. The molecule has 0 spiro atoms. The van der Waals surface area contributed by atoms with Crippen molar-refractivity contribution in [3.05, 3.63) is 23.5 Å². The van der Waals surface area contributed by atoms with Crippen LogP contribution in [0.4, 0.5) is 15.8 Å². The van der Waals surface area contributed by atoms with Crippen LogP contribution < -0.4 is 10.6 Å². The molecule has 1 aromatic rings. The SMILES string of the molecule is CCC(Br)C(=O)Nc1cc2c(cc1F)CCC(=O)N2. The summed E-state index contributed by atoms with van der Waals surface area (Å²) in [5.74, 6) is -0.883. The zero-order valence-electron chi connectivity index (χ0n) is 10.4.